The van der Waals surface area contributed by atoms with Crippen molar-refractivity contribution in [1.29, 1.82) is 0 Å². The highest BCUT2D eigenvalue weighted by Gasteiger charge is 2.23. The maximum absolute atomic E-state index is 13.4. The van der Waals surface area contributed by atoms with E-state index in [0.29, 0.717) is 5.56 Å². The topological polar surface area (TPSA) is 49.3 Å². The number of nitrogens with one attached hydrogen (secondary N) is 1. The molecule has 6 heteroatoms. The van der Waals surface area contributed by atoms with E-state index < -0.39 is 23.1 Å². The van der Waals surface area contributed by atoms with E-state index in [9.17, 15) is 18.7 Å². The third-order valence-electron chi connectivity index (χ3n) is 3.15. The van der Waals surface area contributed by atoms with Gasteiger partial charge in [-0.3, -0.25) is 4.79 Å². The van der Waals surface area contributed by atoms with E-state index in [0.717, 1.165) is 24.3 Å². The van der Waals surface area contributed by atoms with Crippen molar-refractivity contribution in [3.63, 3.8) is 0 Å². The monoisotopic (exact) mass is 323 g/mol. The van der Waals surface area contributed by atoms with Crippen molar-refractivity contribution in [3.8, 4) is 0 Å². The molecule has 1 heterocycles. The maximum atomic E-state index is 13.4. The van der Waals surface area contributed by atoms with Gasteiger partial charge in [-0.25, -0.2) is 8.78 Å². The predicted octanol–water partition coefficient (Wildman–Crippen LogP) is 3.06. The molecule has 1 amide bonds. The van der Waals surface area contributed by atoms with Gasteiger partial charge in [-0.15, -0.1) is 0 Å². The van der Waals surface area contributed by atoms with Gasteiger partial charge in [-0.05, 0) is 47.5 Å². The van der Waals surface area contributed by atoms with Gasteiger partial charge < -0.3 is 10.4 Å². The normalized spacial score (nSPS) is 14.0. The van der Waals surface area contributed by atoms with Crippen molar-refractivity contribution < 1.29 is 18.7 Å². The second-order valence-corrected chi connectivity index (χ2v) is 5.75. The van der Waals surface area contributed by atoms with Gasteiger partial charge in [0, 0.05) is 11.6 Å². The van der Waals surface area contributed by atoms with Crippen molar-refractivity contribution >= 4 is 23.3 Å². The highest BCUT2D eigenvalue weighted by molar-refractivity contribution is 7.08. The number of halogens is 2. The lowest BCUT2D eigenvalue weighted by atomic mass is 9.99. The first-order valence-electron chi connectivity index (χ1n) is 6.55. The van der Waals surface area contributed by atoms with Crippen molar-refractivity contribution in [3.05, 3.63) is 63.9 Å². The molecule has 3 nitrogen and oxygen atoms in total. The zero-order valence-corrected chi connectivity index (χ0v) is 12.7. The smallest absolute Gasteiger partial charge is 0.244 e. The molecule has 0 radical (unpaired) electrons. The van der Waals surface area contributed by atoms with Crippen LogP contribution in [0.2, 0.25) is 0 Å². The van der Waals surface area contributed by atoms with Crippen LogP contribution in [-0.2, 0) is 10.4 Å². The molecule has 1 aromatic heterocycles. The Labute approximate surface area is 130 Å². The standard InChI is InChI=1S/C16H15F2NO2S/c1-16(21,11-7-8-22-9-11)10-19-15(20)6-5-12-13(17)3-2-4-14(12)18/h2-9,21H,10H2,1H3,(H,19,20)/b6-5+/t16-/m1/s1. The predicted molar refractivity (Wildman–Crippen MR) is 82.3 cm³/mol. The van der Waals surface area contributed by atoms with Crippen LogP contribution in [0.15, 0.2) is 41.1 Å². The molecule has 1 aromatic carbocycles. The number of hydrogen-bond acceptors (Lipinski definition) is 3. The average molecular weight is 323 g/mol. The van der Waals surface area contributed by atoms with Crippen LogP contribution in [0.3, 0.4) is 0 Å². The second kappa shape index (κ2) is 6.81. The quantitative estimate of drug-likeness (QED) is 0.831. The van der Waals surface area contributed by atoms with Crippen LogP contribution >= 0.6 is 11.3 Å². The third kappa shape index (κ3) is 3.99. The summed E-state index contributed by atoms with van der Waals surface area (Å²) in [6, 6.07) is 5.24. The maximum Gasteiger partial charge on any atom is 0.244 e. The van der Waals surface area contributed by atoms with Gasteiger partial charge >= 0.3 is 0 Å². The molecular weight excluding hydrogens is 308 g/mol. The number of hydrogen-bond donors (Lipinski definition) is 2. The Hall–Kier alpha value is -2.05. The summed E-state index contributed by atoms with van der Waals surface area (Å²) in [5, 5.41) is 16.4. The van der Waals surface area contributed by atoms with E-state index in [2.05, 4.69) is 5.32 Å². The second-order valence-electron chi connectivity index (χ2n) is 4.97. The van der Waals surface area contributed by atoms with Crippen LogP contribution in [0.25, 0.3) is 6.08 Å². The summed E-state index contributed by atoms with van der Waals surface area (Å²) in [5.41, 5.74) is -0.781. The molecule has 0 spiro atoms. The van der Waals surface area contributed by atoms with Crippen LogP contribution in [0, 0.1) is 11.6 Å². The van der Waals surface area contributed by atoms with Crippen LogP contribution in [0.4, 0.5) is 8.78 Å². The number of carbonyl (C=O) groups is 1. The number of aliphatic hydroxyl groups is 1. The number of thiophene rings is 1. The van der Waals surface area contributed by atoms with Crippen molar-refractivity contribution in [2.75, 3.05) is 6.54 Å². The molecule has 22 heavy (non-hydrogen) atoms. The summed E-state index contributed by atoms with van der Waals surface area (Å²) < 4.78 is 26.8. The Morgan fingerprint density at radius 2 is 2.05 bits per heavy atom. The minimum absolute atomic E-state index is 0.00728. The summed E-state index contributed by atoms with van der Waals surface area (Å²) in [5.74, 6) is -2.03. The fourth-order valence-corrected chi connectivity index (χ4v) is 2.60. The van der Waals surface area contributed by atoms with Gasteiger partial charge in [0.25, 0.3) is 0 Å². The number of carbonyl (C=O) groups excluding carboxylic acids is 1. The molecule has 0 saturated carbocycles. The molecule has 0 aliphatic heterocycles. The summed E-state index contributed by atoms with van der Waals surface area (Å²) in [6.45, 7) is 1.57. The molecule has 116 valence electrons. The van der Waals surface area contributed by atoms with Gasteiger partial charge in [0.2, 0.25) is 5.91 Å². The number of rotatable bonds is 5. The van der Waals surface area contributed by atoms with Crippen LogP contribution in [-0.4, -0.2) is 17.6 Å². The number of amides is 1. The lowest BCUT2D eigenvalue weighted by molar-refractivity contribution is -0.117. The van der Waals surface area contributed by atoms with Gasteiger partial charge in [0.1, 0.15) is 17.2 Å². The molecule has 0 fully saturated rings. The summed E-state index contributed by atoms with van der Waals surface area (Å²) in [7, 11) is 0. The SMILES string of the molecule is C[C@@](O)(CNC(=O)/C=C/c1c(F)cccc1F)c1ccsc1. The van der Waals surface area contributed by atoms with Crippen molar-refractivity contribution in [2.24, 2.45) is 0 Å². The van der Waals surface area contributed by atoms with Crippen LogP contribution in [0.1, 0.15) is 18.1 Å². The zero-order valence-electron chi connectivity index (χ0n) is 11.8. The van der Waals surface area contributed by atoms with Crippen molar-refractivity contribution in [1.82, 2.24) is 5.32 Å². The first kappa shape index (κ1) is 16.3. The molecular formula is C16H15F2NO2S. The Bertz CT molecular complexity index is 661. The average Bonchev–Trinajstić information content (AvgIpc) is 3.00. The Balaban J connectivity index is 1.97. The fourth-order valence-electron chi connectivity index (χ4n) is 1.82. The van der Waals surface area contributed by atoms with Crippen LogP contribution < -0.4 is 5.32 Å². The molecule has 0 aliphatic rings. The van der Waals surface area contributed by atoms with Gasteiger partial charge in [0.05, 0.1) is 6.54 Å². The van der Waals surface area contributed by atoms with E-state index in [4.69, 9.17) is 0 Å². The summed E-state index contributed by atoms with van der Waals surface area (Å²) in [6.07, 6.45) is 2.10. The minimum atomic E-state index is -1.20. The van der Waals surface area contributed by atoms with Crippen LogP contribution in [0.5, 0.6) is 0 Å². The number of benzene rings is 1. The molecule has 0 unspecified atom stereocenters. The first-order chi connectivity index (χ1) is 10.4. The molecule has 0 bridgehead atoms. The van der Waals surface area contributed by atoms with Gasteiger partial charge in [-0.2, -0.15) is 11.3 Å². The summed E-state index contributed by atoms with van der Waals surface area (Å²) >= 11 is 1.44. The van der Waals surface area contributed by atoms with Gasteiger partial charge in [0.15, 0.2) is 0 Å². The van der Waals surface area contributed by atoms with E-state index in [1.54, 1.807) is 18.4 Å². The van der Waals surface area contributed by atoms with Crippen molar-refractivity contribution in [2.45, 2.75) is 12.5 Å². The largest absolute Gasteiger partial charge is 0.384 e. The fraction of sp³-hybridized carbons (Fsp3) is 0.188. The molecule has 2 aromatic rings. The zero-order chi connectivity index (χ0) is 16.2. The van der Waals surface area contributed by atoms with E-state index in [1.807, 2.05) is 5.38 Å². The lowest BCUT2D eigenvalue weighted by Crippen LogP contribution is -2.37. The third-order valence-corrected chi connectivity index (χ3v) is 3.83. The Morgan fingerprint density at radius 1 is 1.36 bits per heavy atom. The lowest BCUT2D eigenvalue weighted by Gasteiger charge is -2.22. The highest BCUT2D eigenvalue weighted by atomic mass is 32.1. The minimum Gasteiger partial charge on any atom is -0.384 e. The molecule has 2 N–H and O–H groups in total. The first-order valence-corrected chi connectivity index (χ1v) is 7.49. The van der Waals surface area contributed by atoms with E-state index >= 15 is 0 Å². The Morgan fingerprint density at radius 3 is 2.64 bits per heavy atom. The highest BCUT2D eigenvalue weighted by Crippen LogP contribution is 2.22. The Kier molecular flexibility index (Phi) is 5.05. The van der Waals surface area contributed by atoms with E-state index in [1.165, 1.54) is 17.4 Å². The molecule has 0 aliphatic carbocycles. The van der Waals surface area contributed by atoms with E-state index in [-0.39, 0.29) is 12.1 Å². The molecule has 0 saturated heterocycles. The van der Waals surface area contributed by atoms with Gasteiger partial charge in [-0.1, -0.05) is 6.07 Å². The molecule has 2 rings (SSSR count). The summed E-state index contributed by atoms with van der Waals surface area (Å²) in [4.78, 5) is 11.7. The molecule has 1 atom stereocenters.